The molecule has 1 aromatic carbocycles. The van der Waals surface area contributed by atoms with Crippen molar-refractivity contribution in [1.82, 2.24) is 19.4 Å². The van der Waals surface area contributed by atoms with E-state index >= 15 is 0 Å². The van der Waals surface area contributed by atoms with Gasteiger partial charge in [0.25, 0.3) is 0 Å². The SMILES string of the molecule is [C-]#[N+]c1ccc(COc2cccc(N3CCN(Cc4nc5sc(C(=O)O)cc5n4CC4CCO4)[C@@H](C)C3)n2)c(F)c1. The number of aromatic carboxylic acids is 1. The Morgan fingerprint density at radius 1 is 1.27 bits per heavy atom. The number of anilines is 1. The first kappa shape index (κ1) is 27.1. The minimum absolute atomic E-state index is 0.0225. The van der Waals surface area contributed by atoms with E-state index in [2.05, 4.69) is 31.1 Å². The number of piperazine rings is 1. The van der Waals surface area contributed by atoms with E-state index < -0.39 is 11.8 Å². The lowest BCUT2D eigenvalue weighted by Crippen LogP contribution is -2.52. The molecule has 41 heavy (non-hydrogen) atoms. The van der Waals surface area contributed by atoms with Gasteiger partial charge >= 0.3 is 5.97 Å². The van der Waals surface area contributed by atoms with E-state index in [-0.39, 0.29) is 24.4 Å². The Hall–Kier alpha value is -4.05. The Labute approximate surface area is 240 Å². The Bertz CT molecular complexity index is 1630. The minimum Gasteiger partial charge on any atom is -0.477 e. The molecular formula is C29H29FN6O4S. The number of carbonyl (C=O) groups is 1. The highest BCUT2D eigenvalue weighted by Gasteiger charge is 2.29. The summed E-state index contributed by atoms with van der Waals surface area (Å²) in [5.41, 5.74) is 1.48. The van der Waals surface area contributed by atoms with Gasteiger partial charge in [0, 0.05) is 43.9 Å². The summed E-state index contributed by atoms with van der Waals surface area (Å²) in [6, 6.07) is 11.8. The van der Waals surface area contributed by atoms with E-state index in [1.54, 1.807) is 24.3 Å². The summed E-state index contributed by atoms with van der Waals surface area (Å²) in [5.74, 6) is 0.721. The molecule has 2 aliphatic rings. The summed E-state index contributed by atoms with van der Waals surface area (Å²) in [6.45, 7) is 13.6. The molecule has 212 valence electrons. The van der Waals surface area contributed by atoms with Crippen LogP contribution in [-0.4, -0.2) is 68.9 Å². The van der Waals surface area contributed by atoms with Gasteiger partial charge in [-0.1, -0.05) is 18.2 Å². The van der Waals surface area contributed by atoms with Crippen LogP contribution in [0.3, 0.4) is 0 Å². The number of benzene rings is 1. The van der Waals surface area contributed by atoms with E-state index in [0.29, 0.717) is 29.4 Å². The minimum atomic E-state index is -0.934. The molecule has 2 saturated heterocycles. The Morgan fingerprint density at radius 3 is 2.83 bits per heavy atom. The van der Waals surface area contributed by atoms with Crippen LogP contribution in [0.15, 0.2) is 42.5 Å². The zero-order valence-corrected chi connectivity index (χ0v) is 23.3. The van der Waals surface area contributed by atoms with Crippen molar-refractivity contribution in [2.45, 2.75) is 45.2 Å². The smallest absolute Gasteiger partial charge is 0.346 e. The summed E-state index contributed by atoms with van der Waals surface area (Å²) in [5, 5.41) is 9.45. The summed E-state index contributed by atoms with van der Waals surface area (Å²) < 4.78 is 27.8. The highest BCUT2D eigenvalue weighted by atomic mass is 32.1. The molecule has 2 fully saturated rings. The number of aromatic nitrogens is 3. The number of hydrogen-bond donors (Lipinski definition) is 1. The maximum Gasteiger partial charge on any atom is 0.346 e. The van der Waals surface area contributed by atoms with E-state index in [0.717, 1.165) is 54.7 Å². The third kappa shape index (κ3) is 5.74. The number of nitrogens with zero attached hydrogens (tertiary/aromatic N) is 6. The molecule has 6 rings (SSSR count). The van der Waals surface area contributed by atoms with Gasteiger partial charge in [-0.2, -0.15) is 4.98 Å². The highest BCUT2D eigenvalue weighted by molar-refractivity contribution is 7.20. The van der Waals surface area contributed by atoms with Crippen LogP contribution in [0.4, 0.5) is 15.9 Å². The second-order valence-electron chi connectivity index (χ2n) is 10.3. The van der Waals surface area contributed by atoms with Crippen LogP contribution in [0.5, 0.6) is 5.88 Å². The monoisotopic (exact) mass is 576 g/mol. The van der Waals surface area contributed by atoms with E-state index in [9.17, 15) is 14.3 Å². The van der Waals surface area contributed by atoms with Gasteiger partial charge in [0.05, 0.1) is 31.3 Å². The number of ether oxygens (including phenoxy) is 2. The normalized spacial score (nSPS) is 19.2. The summed E-state index contributed by atoms with van der Waals surface area (Å²) in [4.78, 5) is 29.9. The van der Waals surface area contributed by atoms with Crippen LogP contribution in [0.25, 0.3) is 15.2 Å². The van der Waals surface area contributed by atoms with Crippen molar-refractivity contribution in [3.8, 4) is 5.88 Å². The third-order valence-electron chi connectivity index (χ3n) is 7.60. The summed E-state index contributed by atoms with van der Waals surface area (Å²) in [6.07, 6.45) is 1.12. The van der Waals surface area contributed by atoms with Crippen LogP contribution in [0.1, 0.15) is 34.4 Å². The lowest BCUT2D eigenvalue weighted by Gasteiger charge is -2.40. The maximum atomic E-state index is 14.3. The fourth-order valence-corrected chi connectivity index (χ4v) is 6.07. The molecule has 4 aromatic rings. The molecule has 2 aliphatic heterocycles. The van der Waals surface area contributed by atoms with Crippen molar-refractivity contribution < 1.29 is 23.8 Å². The van der Waals surface area contributed by atoms with Gasteiger partial charge in [0.2, 0.25) is 5.88 Å². The molecule has 1 N–H and O–H groups in total. The molecule has 2 atom stereocenters. The zero-order valence-electron chi connectivity index (χ0n) is 22.5. The number of rotatable bonds is 9. The topological polar surface area (TPSA) is 97.3 Å². The number of thiophene rings is 1. The van der Waals surface area contributed by atoms with E-state index in [4.69, 9.17) is 21.0 Å². The fourth-order valence-electron chi connectivity index (χ4n) is 5.18. The second kappa shape index (κ2) is 11.4. The quantitative estimate of drug-likeness (QED) is 0.280. The summed E-state index contributed by atoms with van der Waals surface area (Å²) >= 11 is 1.21. The largest absolute Gasteiger partial charge is 0.477 e. The molecule has 0 radical (unpaired) electrons. The van der Waals surface area contributed by atoms with Crippen LogP contribution >= 0.6 is 11.3 Å². The maximum absolute atomic E-state index is 14.3. The lowest BCUT2D eigenvalue weighted by atomic mass is 10.1. The molecule has 10 nitrogen and oxygen atoms in total. The lowest BCUT2D eigenvalue weighted by molar-refractivity contribution is -0.0592. The average molecular weight is 577 g/mol. The number of carboxylic acids is 1. The van der Waals surface area contributed by atoms with E-state index in [1.165, 1.54) is 17.4 Å². The van der Waals surface area contributed by atoms with Crippen molar-refractivity contribution in [2.24, 2.45) is 0 Å². The van der Waals surface area contributed by atoms with Gasteiger partial charge in [-0.15, -0.1) is 11.3 Å². The third-order valence-corrected chi connectivity index (χ3v) is 8.61. The Morgan fingerprint density at radius 2 is 2.12 bits per heavy atom. The van der Waals surface area contributed by atoms with Crippen LogP contribution < -0.4 is 9.64 Å². The Kier molecular flexibility index (Phi) is 7.57. The number of imidazole rings is 1. The molecule has 0 saturated carbocycles. The van der Waals surface area contributed by atoms with Crippen LogP contribution in [0.2, 0.25) is 0 Å². The molecule has 1 unspecified atom stereocenters. The van der Waals surface area contributed by atoms with Crippen LogP contribution in [-0.2, 0) is 24.4 Å². The summed E-state index contributed by atoms with van der Waals surface area (Å²) in [7, 11) is 0. The molecule has 0 amide bonds. The van der Waals surface area contributed by atoms with Crippen molar-refractivity contribution in [3.63, 3.8) is 0 Å². The molecule has 0 spiro atoms. The standard InChI is InChI=1S/C29H29FN6O4S/c1-18-14-35(25-4-3-5-27(32-25)40-17-19-6-7-20(31-2)12-22(19)30)10-9-34(18)16-26-33-28-23(13-24(41-28)29(37)38)36(26)15-21-8-11-39-21/h3-7,12-13,18,21H,8-11,14-17H2,1H3,(H,37,38)/t18-,21?/m0/s1. The number of pyridine rings is 1. The molecule has 3 aromatic heterocycles. The zero-order chi connectivity index (χ0) is 28.5. The van der Waals surface area contributed by atoms with Gasteiger partial charge in [-0.3, -0.25) is 4.90 Å². The fraction of sp³-hybridized carbons (Fsp3) is 0.379. The number of fused-ring (bicyclic) bond motifs is 1. The number of halogens is 1. The first-order chi connectivity index (χ1) is 19.9. The van der Waals surface area contributed by atoms with Gasteiger partial charge in [0.1, 0.15) is 33.8 Å². The first-order valence-electron chi connectivity index (χ1n) is 13.5. The first-order valence-corrected chi connectivity index (χ1v) is 14.3. The Balaban J connectivity index is 1.11. The predicted molar refractivity (Wildman–Crippen MR) is 152 cm³/mol. The van der Waals surface area contributed by atoms with Gasteiger partial charge in [-0.05, 0) is 31.5 Å². The van der Waals surface area contributed by atoms with Crippen molar-refractivity contribution in [3.05, 3.63) is 76.0 Å². The van der Waals surface area contributed by atoms with Crippen molar-refractivity contribution >= 4 is 39.2 Å². The highest BCUT2D eigenvalue weighted by Crippen LogP contribution is 2.30. The number of hydrogen-bond acceptors (Lipinski definition) is 8. The molecule has 5 heterocycles. The van der Waals surface area contributed by atoms with Gasteiger partial charge in [0.15, 0.2) is 5.69 Å². The number of carboxylic acid groups (broad SMARTS) is 1. The van der Waals surface area contributed by atoms with Gasteiger partial charge < -0.3 is 24.0 Å². The van der Waals surface area contributed by atoms with Crippen molar-refractivity contribution in [2.75, 3.05) is 31.1 Å². The molecular weight excluding hydrogens is 547 g/mol. The van der Waals surface area contributed by atoms with Gasteiger partial charge in [-0.25, -0.2) is 19.0 Å². The molecule has 0 bridgehead atoms. The second-order valence-corrected chi connectivity index (χ2v) is 11.3. The average Bonchev–Trinajstić information content (AvgIpc) is 3.49. The van der Waals surface area contributed by atoms with E-state index in [1.807, 2.05) is 12.1 Å². The predicted octanol–water partition coefficient (Wildman–Crippen LogP) is 4.96. The van der Waals surface area contributed by atoms with Crippen LogP contribution in [0, 0.1) is 12.4 Å². The van der Waals surface area contributed by atoms with Crippen molar-refractivity contribution in [1.29, 1.82) is 0 Å². The molecule has 0 aliphatic carbocycles. The molecule has 12 heteroatoms.